The summed E-state index contributed by atoms with van der Waals surface area (Å²) in [7, 11) is 0. The summed E-state index contributed by atoms with van der Waals surface area (Å²) < 4.78 is 0. The van der Waals surface area contributed by atoms with Gasteiger partial charge in [0.25, 0.3) is 0 Å². The van der Waals surface area contributed by atoms with Crippen LogP contribution in [0.3, 0.4) is 0 Å². The minimum Gasteiger partial charge on any atom is -0.324 e. The van der Waals surface area contributed by atoms with Crippen molar-refractivity contribution in [2.45, 2.75) is 37.5 Å². The van der Waals surface area contributed by atoms with Crippen LogP contribution in [-0.4, -0.2) is 5.91 Å². The summed E-state index contributed by atoms with van der Waals surface area (Å²) in [6.45, 7) is 0. The summed E-state index contributed by atoms with van der Waals surface area (Å²) in [5.74, 6) is 3.15. The van der Waals surface area contributed by atoms with Crippen LogP contribution in [-0.2, 0) is 10.2 Å². The van der Waals surface area contributed by atoms with E-state index in [1.165, 1.54) is 48.8 Å². The van der Waals surface area contributed by atoms with Gasteiger partial charge in [-0.25, -0.2) is 0 Å². The third kappa shape index (κ3) is 1.68. The maximum Gasteiger partial charge on any atom is 0.235 e. The van der Waals surface area contributed by atoms with Gasteiger partial charge in [-0.05, 0) is 66.9 Å². The molecule has 2 nitrogen and oxygen atoms in total. The first kappa shape index (κ1) is 14.1. The Bertz CT molecular complexity index is 841. The second-order valence-electron chi connectivity index (χ2n) is 8.72. The first-order valence-corrected chi connectivity index (χ1v) is 9.77. The van der Waals surface area contributed by atoms with Crippen molar-refractivity contribution in [3.05, 3.63) is 54.1 Å². The molecular formula is C23H23NO. The zero-order valence-corrected chi connectivity index (χ0v) is 14.4. The molecule has 7 rings (SSSR count). The summed E-state index contributed by atoms with van der Waals surface area (Å²) in [6, 6.07) is 17.0. The number of hydrogen-bond acceptors (Lipinski definition) is 1. The van der Waals surface area contributed by atoms with Crippen LogP contribution < -0.4 is 5.32 Å². The van der Waals surface area contributed by atoms with Gasteiger partial charge in [-0.1, -0.05) is 48.5 Å². The monoisotopic (exact) mass is 329 g/mol. The van der Waals surface area contributed by atoms with E-state index in [1.54, 1.807) is 0 Å². The number of amides is 1. The largest absolute Gasteiger partial charge is 0.324 e. The molecule has 0 aromatic heterocycles. The number of hydrogen-bond donors (Lipinski definition) is 1. The molecule has 4 saturated carbocycles. The predicted octanol–water partition coefficient (Wildman–Crippen LogP) is 5.00. The molecule has 4 bridgehead atoms. The summed E-state index contributed by atoms with van der Waals surface area (Å²) in [4.78, 5) is 13.4. The molecule has 0 unspecified atom stereocenters. The minimum atomic E-state index is -0.243. The molecule has 5 aliphatic rings. The van der Waals surface area contributed by atoms with E-state index in [2.05, 4.69) is 47.8 Å². The average Bonchev–Trinajstić information content (AvgIpc) is 2.92. The Morgan fingerprint density at radius 3 is 2.16 bits per heavy atom. The summed E-state index contributed by atoms with van der Waals surface area (Å²) >= 11 is 0. The molecule has 126 valence electrons. The molecule has 2 aromatic rings. The van der Waals surface area contributed by atoms with Crippen LogP contribution in [0.4, 0.5) is 5.69 Å². The number of fused-ring (bicyclic) bond motifs is 1. The molecule has 25 heavy (non-hydrogen) atoms. The Kier molecular flexibility index (Phi) is 2.68. The van der Waals surface area contributed by atoms with Crippen molar-refractivity contribution in [3.63, 3.8) is 0 Å². The van der Waals surface area contributed by atoms with Crippen molar-refractivity contribution in [1.82, 2.24) is 0 Å². The van der Waals surface area contributed by atoms with Crippen LogP contribution in [0.1, 0.15) is 37.7 Å². The second-order valence-corrected chi connectivity index (χ2v) is 8.72. The molecule has 2 heteroatoms. The molecular weight excluding hydrogens is 306 g/mol. The van der Waals surface area contributed by atoms with Gasteiger partial charge in [-0.3, -0.25) is 4.79 Å². The molecule has 4 fully saturated rings. The maximum absolute atomic E-state index is 13.4. The second kappa shape index (κ2) is 4.75. The van der Waals surface area contributed by atoms with Crippen molar-refractivity contribution in [1.29, 1.82) is 0 Å². The van der Waals surface area contributed by atoms with Crippen LogP contribution in [0.25, 0.3) is 11.1 Å². The number of carbonyl (C=O) groups is 1. The highest BCUT2D eigenvalue weighted by atomic mass is 16.2. The highest BCUT2D eigenvalue weighted by Gasteiger charge is 2.64. The third-order valence-corrected chi connectivity index (χ3v) is 7.64. The quantitative estimate of drug-likeness (QED) is 0.784. The summed E-state index contributed by atoms with van der Waals surface area (Å²) in [6.07, 6.45) is 6.46. The van der Waals surface area contributed by atoms with Gasteiger partial charge < -0.3 is 5.32 Å². The van der Waals surface area contributed by atoms with Gasteiger partial charge in [-0.2, -0.15) is 0 Å². The molecule has 0 atom stereocenters. The van der Waals surface area contributed by atoms with Gasteiger partial charge >= 0.3 is 0 Å². The van der Waals surface area contributed by atoms with Crippen LogP contribution in [0.15, 0.2) is 48.5 Å². The topological polar surface area (TPSA) is 29.1 Å². The Labute approximate surface area is 148 Å². The average molecular weight is 329 g/mol. The lowest BCUT2D eigenvalue weighted by Crippen LogP contribution is -2.58. The van der Waals surface area contributed by atoms with Crippen LogP contribution >= 0.6 is 0 Å². The zero-order chi connectivity index (χ0) is 16.6. The van der Waals surface area contributed by atoms with Crippen molar-refractivity contribution < 1.29 is 4.79 Å². The fraction of sp³-hybridized carbons (Fsp3) is 0.435. The molecule has 4 aliphatic carbocycles. The van der Waals surface area contributed by atoms with Gasteiger partial charge in [0.1, 0.15) is 0 Å². The summed E-state index contributed by atoms with van der Waals surface area (Å²) in [5, 5.41) is 3.34. The maximum atomic E-state index is 13.4. The predicted molar refractivity (Wildman–Crippen MR) is 99.2 cm³/mol. The molecule has 1 aliphatic heterocycles. The van der Waals surface area contributed by atoms with Crippen molar-refractivity contribution in [3.8, 4) is 11.1 Å². The van der Waals surface area contributed by atoms with E-state index < -0.39 is 0 Å². The van der Waals surface area contributed by atoms with E-state index in [0.29, 0.717) is 17.7 Å². The molecule has 1 spiro atoms. The lowest BCUT2D eigenvalue weighted by molar-refractivity contribution is -0.137. The van der Waals surface area contributed by atoms with Gasteiger partial charge in [0.15, 0.2) is 0 Å². The molecule has 0 saturated heterocycles. The first-order valence-electron chi connectivity index (χ1n) is 9.77. The lowest BCUT2D eigenvalue weighted by Gasteiger charge is -2.59. The van der Waals surface area contributed by atoms with Crippen molar-refractivity contribution in [2.24, 2.45) is 23.7 Å². The minimum absolute atomic E-state index is 0.243. The molecule has 1 N–H and O–H groups in total. The van der Waals surface area contributed by atoms with E-state index in [9.17, 15) is 4.79 Å². The number of nitrogens with one attached hydrogen (secondary N) is 1. The van der Waals surface area contributed by atoms with Gasteiger partial charge in [-0.15, -0.1) is 0 Å². The highest BCUT2D eigenvalue weighted by molar-refractivity contribution is 6.10. The number of anilines is 1. The van der Waals surface area contributed by atoms with Crippen LogP contribution in [0, 0.1) is 23.7 Å². The molecule has 1 amide bonds. The standard InChI is InChI=1S/C23H23NO/c25-22-23(17-10-14-9-15(12-17)13-18(23)11-14)20-8-4-7-19(21(20)24-22)16-5-2-1-3-6-16/h1-8,14-15,17-18H,9-13H2,(H,24,25). The fourth-order valence-corrected chi connectivity index (χ4v) is 6.97. The Morgan fingerprint density at radius 1 is 0.800 bits per heavy atom. The van der Waals surface area contributed by atoms with E-state index in [1.807, 2.05) is 6.07 Å². The van der Waals surface area contributed by atoms with Crippen LogP contribution in [0.2, 0.25) is 0 Å². The smallest absolute Gasteiger partial charge is 0.235 e. The number of para-hydroxylation sites is 1. The SMILES string of the molecule is O=C1Nc2c(-c3ccccc3)cccc2C12C1CC3CC(C1)CC2C3. The van der Waals surface area contributed by atoms with Crippen LogP contribution in [0.5, 0.6) is 0 Å². The van der Waals surface area contributed by atoms with E-state index >= 15 is 0 Å². The number of carbonyl (C=O) groups excluding carboxylic acids is 1. The fourth-order valence-electron chi connectivity index (χ4n) is 6.97. The highest BCUT2D eigenvalue weighted by Crippen LogP contribution is 2.66. The normalized spacial score (nSPS) is 37.4. The zero-order valence-electron chi connectivity index (χ0n) is 14.4. The Hall–Kier alpha value is -2.09. The Balaban J connectivity index is 1.56. The lowest BCUT2D eigenvalue weighted by atomic mass is 9.44. The molecule has 1 heterocycles. The third-order valence-electron chi connectivity index (χ3n) is 7.64. The number of benzene rings is 2. The van der Waals surface area contributed by atoms with Crippen molar-refractivity contribution >= 4 is 11.6 Å². The van der Waals surface area contributed by atoms with E-state index in [-0.39, 0.29) is 5.41 Å². The van der Waals surface area contributed by atoms with Crippen molar-refractivity contribution in [2.75, 3.05) is 5.32 Å². The Morgan fingerprint density at radius 2 is 1.48 bits per heavy atom. The van der Waals surface area contributed by atoms with Gasteiger partial charge in [0.05, 0.1) is 11.1 Å². The van der Waals surface area contributed by atoms with E-state index in [4.69, 9.17) is 0 Å². The first-order chi connectivity index (χ1) is 12.3. The van der Waals surface area contributed by atoms with E-state index in [0.717, 1.165) is 17.5 Å². The number of rotatable bonds is 1. The molecule has 2 aromatic carbocycles. The van der Waals surface area contributed by atoms with Gasteiger partial charge in [0, 0.05) is 5.56 Å². The van der Waals surface area contributed by atoms with Gasteiger partial charge in [0.2, 0.25) is 5.91 Å². The summed E-state index contributed by atoms with van der Waals surface area (Å²) in [5.41, 5.74) is 4.52. The molecule has 0 radical (unpaired) electrons.